The van der Waals surface area contributed by atoms with Gasteiger partial charge in [0, 0.05) is 14.0 Å². The van der Waals surface area contributed by atoms with Gasteiger partial charge in [-0.25, -0.2) is 4.98 Å². The number of carbonyl (C=O) groups is 1. The molecule has 0 saturated carbocycles. The van der Waals surface area contributed by atoms with Crippen molar-refractivity contribution in [2.24, 2.45) is 0 Å². The zero-order chi connectivity index (χ0) is 15.4. The molecule has 2 rings (SSSR count). The highest BCUT2D eigenvalue weighted by atomic mass is 32.1. The molecule has 112 valence electrons. The minimum absolute atomic E-state index is 0.0113. The highest BCUT2D eigenvalue weighted by molar-refractivity contribution is 7.13. The Morgan fingerprint density at radius 3 is 2.43 bits per heavy atom. The first-order valence-electron chi connectivity index (χ1n) is 6.69. The van der Waals surface area contributed by atoms with Crippen molar-refractivity contribution in [3.05, 3.63) is 44.9 Å². The van der Waals surface area contributed by atoms with Crippen LogP contribution in [0, 0.1) is 13.8 Å². The van der Waals surface area contributed by atoms with Gasteiger partial charge in [-0.2, -0.15) is 0 Å². The number of aromatic nitrogens is 1. The van der Waals surface area contributed by atoms with Crippen LogP contribution in [0.5, 0.6) is 5.75 Å². The zero-order valence-corrected chi connectivity index (χ0v) is 13.5. The Balaban J connectivity index is 2.12. The maximum absolute atomic E-state index is 11.6. The summed E-state index contributed by atoms with van der Waals surface area (Å²) < 4.78 is 10.9. The van der Waals surface area contributed by atoms with Crippen molar-refractivity contribution in [3.8, 4) is 5.75 Å². The van der Waals surface area contributed by atoms with E-state index in [1.165, 1.54) is 11.3 Å². The van der Waals surface area contributed by atoms with Crippen molar-refractivity contribution in [2.75, 3.05) is 7.11 Å². The molecule has 1 aromatic carbocycles. The average Bonchev–Trinajstić information content (AvgIpc) is 2.79. The second-order valence-corrected chi connectivity index (χ2v) is 6.07. The number of methoxy groups -OCH3 is 1. The van der Waals surface area contributed by atoms with Crippen LogP contribution in [0.15, 0.2) is 18.2 Å². The molecule has 0 saturated heterocycles. The molecule has 0 fully saturated rings. The summed E-state index contributed by atoms with van der Waals surface area (Å²) in [5.74, 6) is 0.831. The molecule has 5 heteroatoms. The fraction of sp³-hybridized carbons (Fsp3) is 0.375. The fourth-order valence-corrected chi connectivity index (χ4v) is 3.01. The Labute approximate surface area is 128 Å². The fourth-order valence-electron chi connectivity index (χ4n) is 2.13. The molecule has 1 aromatic heterocycles. The Morgan fingerprint density at radius 2 is 1.86 bits per heavy atom. The van der Waals surface area contributed by atoms with Crippen LogP contribution < -0.4 is 4.74 Å². The molecule has 0 bridgehead atoms. The minimum Gasteiger partial charge on any atom is -0.486 e. The molecule has 0 N–H and O–H groups in total. The third-order valence-electron chi connectivity index (χ3n) is 2.90. The van der Waals surface area contributed by atoms with Crippen LogP contribution in [0.25, 0.3) is 0 Å². The van der Waals surface area contributed by atoms with Gasteiger partial charge in [0.1, 0.15) is 17.4 Å². The van der Waals surface area contributed by atoms with Gasteiger partial charge in [-0.3, -0.25) is 4.79 Å². The van der Waals surface area contributed by atoms with Gasteiger partial charge in [0.05, 0.1) is 17.2 Å². The summed E-state index contributed by atoms with van der Waals surface area (Å²) in [6.07, 6.45) is 0. The number of Topliss-reactive ketones (excluding diaryl/α,β-unsaturated/α-hetero) is 1. The van der Waals surface area contributed by atoms with Crippen molar-refractivity contribution in [3.63, 3.8) is 0 Å². The molecule has 4 nitrogen and oxygen atoms in total. The number of ether oxygens (including phenoxy) is 2. The number of hydrogen-bond donors (Lipinski definition) is 0. The van der Waals surface area contributed by atoms with E-state index in [4.69, 9.17) is 9.47 Å². The van der Waals surface area contributed by atoms with E-state index in [2.05, 4.69) is 11.1 Å². The van der Waals surface area contributed by atoms with Crippen LogP contribution in [-0.4, -0.2) is 17.9 Å². The zero-order valence-electron chi connectivity index (χ0n) is 12.7. The predicted octanol–water partition coefficient (Wildman–Crippen LogP) is 3.69. The summed E-state index contributed by atoms with van der Waals surface area (Å²) in [4.78, 5) is 16.7. The summed E-state index contributed by atoms with van der Waals surface area (Å²) >= 11 is 1.37. The molecular weight excluding hydrogens is 286 g/mol. The molecule has 0 aliphatic heterocycles. The number of hydrogen-bond acceptors (Lipinski definition) is 5. The molecule has 0 aliphatic carbocycles. The smallest absolute Gasteiger partial charge is 0.171 e. The van der Waals surface area contributed by atoms with Crippen LogP contribution in [0.1, 0.15) is 38.4 Å². The van der Waals surface area contributed by atoms with E-state index in [-0.39, 0.29) is 5.78 Å². The molecule has 0 aliphatic rings. The lowest BCUT2D eigenvalue weighted by molar-refractivity contribution is 0.101. The first kappa shape index (κ1) is 15.7. The molecule has 0 amide bonds. The van der Waals surface area contributed by atoms with Crippen molar-refractivity contribution in [1.82, 2.24) is 4.98 Å². The van der Waals surface area contributed by atoms with E-state index in [9.17, 15) is 4.79 Å². The van der Waals surface area contributed by atoms with Crippen molar-refractivity contribution < 1.29 is 14.3 Å². The number of carbonyl (C=O) groups excluding carboxylic acids is 1. The molecule has 21 heavy (non-hydrogen) atoms. The number of benzene rings is 1. The Hall–Kier alpha value is -1.72. The second kappa shape index (κ2) is 6.83. The van der Waals surface area contributed by atoms with Crippen molar-refractivity contribution in [1.29, 1.82) is 0 Å². The maximum Gasteiger partial charge on any atom is 0.171 e. The Kier molecular flexibility index (Phi) is 5.09. The van der Waals surface area contributed by atoms with Gasteiger partial charge in [-0.05, 0) is 37.1 Å². The van der Waals surface area contributed by atoms with E-state index in [0.29, 0.717) is 23.8 Å². The van der Waals surface area contributed by atoms with Crippen LogP contribution in [0.4, 0.5) is 0 Å². The Bertz CT molecular complexity index is 629. The van der Waals surface area contributed by atoms with E-state index in [0.717, 1.165) is 21.9 Å². The van der Waals surface area contributed by atoms with Crippen LogP contribution in [-0.2, 0) is 18.0 Å². The average molecular weight is 305 g/mol. The second-order valence-electron chi connectivity index (χ2n) is 4.98. The number of nitrogens with zero attached hydrogens (tertiary/aromatic N) is 1. The monoisotopic (exact) mass is 305 g/mol. The van der Waals surface area contributed by atoms with Crippen LogP contribution >= 0.6 is 11.3 Å². The molecule has 0 radical (unpaired) electrons. The number of thiazole rings is 1. The Morgan fingerprint density at radius 1 is 1.19 bits per heavy atom. The quantitative estimate of drug-likeness (QED) is 0.764. The lowest BCUT2D eigenvalue weighted by Gasteiger charge is -2.06. The molecule has 1 heterocycles. The van der Waals surface area contributed by atoms with Crippen LogP contribution in [0.2, 0.25) is 0 Å². The lowest BCUT2D eigenvalue weighted by atomic mass is 10.1. The summed E-state index contributed by atoms with van der Waals surface area (Å²) in [5.41, 5.74) is 3.01. The van der Waals surface area contributed by atoms with Crippen molar-refractivity contribution >= 4 is 17.1 Å². The molecular formula is C16H19NO3S. The maximum atomic E-state index is 11.6. The topological polar surface area (TPSA) is 48.4 Å². The SMILES string of the molecule is COCc1nc(COc2cc(C)cc(C)c2)sc1C(C)=O. The third kappa shape index (κ3) is 4.12. The first-order valence-corrected chi connectivity index (χ1v) is 7.50. The van der Waals surface area contributed by atoms with E-state index in [1.54, 1.807) is 14.0 Å². The van der Waals surface area contributed by atoms with Gasteiger partial charge in [0.15, 0.2) is 5.78 Å². The van der Waals surface area contributed by atoms with Gasteiger partial charge < -0.3 is 9.47 Å². The van der Waals surface area contributed by atoms with Gasteiger partial charge in [0.25, 0.3) is 0 Å². The molecule has 0 atom stereocenters. The van der Waals surface area contributed by atoms with Gasteiger partial charge in [0.2, 0.25) is 0 Å². The highest BCUT2D eigenvalue weighted by Gasteiger charge is 2.15. The summed E-state index contributed by atoms with van der Waals surface area (Å²) in [6.45, 7) is 6.31. The summed E-state index contributed by atoms with van der Waals surface area (Å²) in [5, 5.41) is 0.784. The predicted molar refractivity (Wildman–Crippen MR) is 83.1 cm³/mol. The van der Waals surface area contributed by atoms with Gasteiger partial charge in [-0.1, -0.05) is 6.07 Å². The minimum atomic E-state index is 0.0113. The molecule has 0 unspecified atom stereocenters. The summed E-state index contributed by atoms with van der Waals surface area (Å²) in [6, 6.07) is 6.08. The van der Waals surface area contributed by atoms with Crippen molar-refractivity contribution in [2.45, 2.75) is 34.0 Å². The lowest BCUT2D eigenvalue weighted by Crippen LogP contribution is -1.98. The number of ketones is 1. The first-order chi connectivity index (χ1) is 9.99. The van der Waals surface area contributed by atoms with E-state index < -0.39 is 0 Å². The third-order valence-corrected chi connectivity index (χ3v) is 4.07. The van der Waals surface area contributed by atoms with E-state index >= 15 is 0 Å². The normalized spacial score (nSPS) is 10.7. The standard InChI is InChI=1S/C16H19NO3S/c1-10-5-11(2)7-13(6-10)20-9-15-17-14(8-19-4)16(21-15)12(3)18/h5-7H,8-9H2,1-4H3. The summed E-state index contributed by atoms with van der Waals surface area (Å²) in [7, 11) is 1.59. The van der Waals surface area contributed by atoms with E-state index in [1.807, 2.05) is 26.0 Å². The highest BCUT2D eigenvalue weighted by Crippen LogP contribution is 2.23. The van der Waals surface area contributed by atoms with Gasteiger partial charge >= 0.3 is 0 Å². The van der Waals surface area contributed by atoms with Crippen LogP contribution in [0.3, 0.4) is 0 Å². The number of rotatable bonds is 6. The molecule has 2 aromatic rings. The number of aryl methyl sites for hydroxylation is 2. The largest absolute Gasteiger partial charge is 0.486 e. The molecule has 0 spiro atoms. The van der Waals surface area contributed by atoms with Gasteiger partial charge in [-0.15, -0.1) is 11.3 Å².